The SMILES string of the molecule is CC(C)c1cc(F)c(-c2cccnc2)c(F)c1. The Bertz CT molecular complexity index is 498. The molecule has 0 N–H and O–H groups in total. The molecule has 0 fully saturated rings. The number of halogens is 2. The molecule has 0 saturated carbocycles. The molecular formula is C14H13F2N. The van der Waals surface area contributed by atoms with Crippen molar-refractivity contribution in [2.24, 2.45) is 0 Å². The third kappa shape index (κ3) is 2.33. The lowest BCUT2D eigenvalue weighted by atomic mass is 9.98. The van der Waals surface area contributed by atoms with Crippen molar-refractivity contribution in [2.45, 2.75) is 19.8 Å². The zero-order valence-electron chi connectivity index (χ0n) is 9.74. The van der Waals surface area contributed by atoms with E-state index in [0.717, 1.165) is 0 Å². The monoisotopic (exact) mass is 233 g/mol. The number of rotatable bonds is 2. The van der Waals surface area contributed by atoms with Crippen molar-refractivity contribution in [3.05, 3.63) is 53.9 Å². The Morgan fingerprint density at radius 2 is 1.76 bits per heavy atom. The second kappa shape index (κ2) is 4.62. The molecule has 0 unspecified atom stereocenters. The van der Waals surface area contributed by atoms with Gasteiger partial charge >= 0.3 is 0 Å². The van der Waals surface area contributed by atoms with Crippen LogP contribution in [0.1, 0.15) is 25.3 Å². The molecule has 0 amide bonds. The van der Waals surface area contributed by atoms with E-state index in [1.165, 1.54) is 18.3 Å². The minimum atomic E-state index is -0.540. The summed E-state index contributed by atoms with van der Waals surface area (Å²) in [4.78, 5) is 3.87. The third-order valence-corrected chi connectivity index (χ3v) is 2.68. The summed E-state index contributed by atoms with van der Waals surface area (Å²) in [5, 5.41) is 0. The van der Waals surface area contributed by atoms with Gasteiger partial charge in [0.2, 0.25) is 0 Å². The lowest BCUT2D eigenvalue weighted by molar-refractivity contribution is 0.583. The van der Waals surface area contributed by atoms with Crippen LogP contribution >= 0.6 is 0 Å². The lowest BCUT2D eigenvalue weighted by Gasteiger charge is -2.10. The predicted octanol–water partition coefficient (Wildman–Crippen LogP) is 4.15. The van der Waals surface area contributed by atoms with Gasteiger partial charge < -0.3 is 0 Å². The zero-order chi connectivity index (χ0) is 12.4. The number of hydrogen-bond acceptors (Lipinski definition) is 1. The fourth-order valence-electron chi connectivity index (χ4n) is 1.71. The number of hydrogen-bond donors (Lipinski definition) is 0. The van der Waals surface area contributed by atoms with E-state index in [2.05, 4.69) is 4.98 Å². The van der Waals surface area contributed by atoms with Gasteiger partial charge in [-0.3, -0.25) is 4.98 Å². The summed E-state index contributed by atoms with van der Waals surface area (Å²) in [5.74, 6) is -0.981. The van der Waals surface area contributed by atoms with Crippen LogP contribution in [0.2, 0.25) is 0 Å². The zero-order valence-corrected chi connectivity index (χ0v) is 9.74. The van der Waals surface area contributed by atoms with E-state index in [4.69, 9.17) is 0 Å². The molecule has 88 valence electrons. The van der Waals surface area contributed by atoms with E-state index in [-0.39, 0.29) is 11.5 Å². The van der Waals surface area contributed by atoms with Crippen LogP contribution in [0.4, 0.5) is 8.78 Å². The molecule has 0 saturated heterocycles. The number of nitrogens with zero attached hydrogens (tertiary/aromatic N) is 1. The highest BCUT2D eigenvalue weighted by Gasteiger charge is 2.14. The van der Waals surface area contributed by atoms with Gasteiger partial charge in [-0.25, -0.2) is 8.78 Å². The highest BCUT2D eigenvalue weighted by atomic mass is 19.1. The summed E-state index contributed by atoms with van der Waals surface area (Å²) in [6.45, 7) is 3.80. The van der Waals surface area contributed by atoms with Gasteiger partial charge in [-0.2, -0.15) is 0 Å². The standard InChI is InChI=1S/C14H13F2N/c1-9(2)11-6-12(15)14(13(16)7-11)10-4-3-5-17-8-10/h3-9H,1-2H3. The summed E-state index contributed by atoms with van der Waals surface area (Å²) >= 11 is 0. The van der Waals surface area contributed by atoms with Gasteiger partial charge in [0.15, 0.2) is 0 Å². The van der Waals surface area contributed by atoms with E-state index in [0.29, 0.717) is 11.1 Å². The van der Waals surface area contributed by atoms with Crippen LogP contribution in [0.5, 0.6) is 0 Å². The molecule has 1 aromatic carbocycles. The number of aromatic nitrogens is 1. The van der Waals surface area contributed by atoms with Crippen molar-refractivity contribution in [3.63, 3.8) is 0 Å². The Morgan fingerprint density at radius 1 is 1.12 bits per heavy atom. The minimum Gasteiger partial charge on any atom is -0.264 e. The first-order valence-electron chi connectivity index (χ1n) is 5.49. The Kier molecular flexibility index (Phi) is 3.18. The predicted molar refractivity (Wildman–Crippen MR) is 63.7 cm³/mol. The molecule has 1 heterocycles. The van der Waals surface area contributed by atoms with Crippen molar-refractivity contribution in [1.82, 2.24) is 4.98 Å². The van der Waals surface area contributed by atoms with E-state index in [1.54, 1.807) is 18.3 Å². The molecule has 2 aromatic rings. The smallest absolute Gasteiger partial charge is 0.134 e. The fraction of sp³-hybridized carbons (Fsp3) is 0.214. The maximum Gasteiger partial charge on any atom is 0.134 e. The summed E-state index contributed by atoms with van der Waals surface area (Å²) in [6, 6.07) is 6.07. The molecule has 1 nitrogen and oxygen atoms in total. The maximum absolute atomic E-state index is 13.9. The highest BCUT2D eigenvalue weighted by molar-refractivity contribution is 5.64. The minimum absolute atomic E-state index is 0.0116. The molecule has 0 aliphatic heterocycles. The molecule has 3 heteroatoms. The van der Waals surface area contributed by atoms with Crippen molar-refractivity contribution in [2.75, 3.05) is 0 Å². The molecule has 0 atom stereocenters. The second-order valence-electron chi connectivity index (χ2n) is 4.26. The van der Waals surface area contributed by atoms with Crippen LogP contribution in [0.15, 0.2) is 36.7 Å². The largest absolute Gasteiger partial charge is 0.264 e. The molecule has 1 aromatic heterocycles. The van der Waals surface area contributed by atoms with Crippen molar-refractivity contribution in [1.29, 1.82) is 0 Å². The van der Waals surface area contributed by atoms with Gasteiger partial charge in [0.25, 0.3) is 0 Å². The summed E-state index contributed by atoms with van der Waals surface area (Å²) in [6.07, 6.45) is 3.03. The van der Waals surface area contributed by atoms with Crippen molar-refractivity contribution in [3.8, 4) is 11.1 Å². The Balaban J connectivity index is 2.57. The first-order valence-corrected chi connectivity index (χ1v) is 5.49. The van der Waals surface area contributed by atoms with Crippen molar-refractivity contribution >= 4 is 0 Å². The number of benzene rings is 1. The van der Waals surface area contributed by atoms with Crippen LogP contribution in [0, 0.1) is 11.6 Å². The highest BCUT2D eigenvalue weighted by Crippen LogP contribution is 2.28. The van der Waals surface area contributed by atoms with Crippen LogP contribution in [0.3, 0.4) is 0 Å². The Labute approximate surface area is 99.1 Å². The first kappa shape index (κ1) is 11.7. The van der Waals surface area contributed by atoms with E-state index in [1.807, 2.05) is 13.8 Å². The normalized spacial score (nSPS) is 10.9. The fourth-order valence-corrected chi connectivity index (χ4v) is 1.71. The van der Waals surface area contributed by atoms with Gasteiger partial charge in [0.05, 0.1) is 5.56 Å². The molecule has 0 aliphatic carbocycles. The molecular weight excluding hydrogens is 220 g/mol. The molecule has 0 aliphatic rings. The van der Waals surface area contributed by atoms with Crippen molar-refractivity contribution < 1.29 is 8.78 Å². The van der Waals surface area contributed by atoms with Gasteiger partial charge in [0.1, 0.15) is 11.6 Å². The van der Waals surface area contributed by atoms with E-state index < -0.39 is 11.6 Å². The molecule has 2 rings (SSSR count). The average Bonchev–Trinajstić information content (AvgIpc) is 2.29. The topological polar surface area (TPSA) is 12.9 Å². The van der Waals surface area contributed by atoms with Crippen LogP contribution in [0.25, 0.3) is 11.1 Å². The third-order valence-electron chi connectivity index (χ3n) is 2.68. The van der Waals surface area contributed by atoms with E-state index in [9.17, 15) is 8.78 Å². The summed E-state index contributed by atoms with van der Waals surface area (Å²) < 4.78 is 27.8. The van der Waals surface area contributed by atoms with Gasteiger partial charge in [-0.05, 0) is 29.7 Å². The summed E-state index contributed by atoms with van der Waals surface area (Å²) in [5.41, 5.74) is 1.10. The Hall–Kier alpha value is -1.77. The lowest BCUT2D eigenvalue weighted by Crippen LogP contribution is -1.96. The van der Waals surface area contributed by atoms with E-state index >= 15 is 0 Å². The molecule has 0 bridgehead atoms. The molecule has 0 spiro atoms. The first-order chi connectivity index (χ1) is 8.09. The summed E-state index contributed by atoms with van der Waals surface area (Å²) in [7, 11) is 0. The molecule has 0 radical (unpaired) electrons. The number of pyridine rings is 1. The van der Waals surface area contributed by atoms with Gasteiger partial charge in [-0.1, -0.05) is 19.9 Å². The Morgan fingerprint density at radius 3 is 2.24 bits per heavy atom. The van der Waals surface area contributed by atoms with Crippen LogP contribution in [-0.2, 0) is 0 Å². The molecule has 17 heavy (non-hydrogen) atoms. The van der Waals surface area contributed by atoms with Crippen LogP contribution in [-0.4, -0.2) is 4.98 Å². The average molecular weight is 233 g/mol. The van der Waals surface area contributed by atoms with Gasteiger partial charge in [-0.15, -0.1) is 0 Å². The van der Waals surface area contributed by atoms with Gasteiger partial charge in [0, 0.05) is 18.0 Å². The quantitative estimate of drug-likeness (QED) is 0.759. The van der Waals surface area contributed by atoms with Crippen LogP contribution < -0.4 is 0 Å². The second-order valence-corrected chi connectivity index (χ2v) is 4.26. The maximum atomic E-state index is 13.9.